The van der Waals surface area contributed by atoms with Gasteiger partial charge in [0.25, 0.3) is 0 Å². The monoisotopic (exact) mass is 299 g/mol. The zero-order chi connectivity index (χ0) is 13.7. The number of thioether (sulfide) groups is 2. The summed E-state index contributed by atoms with van der Waals surface area (Å²) in [5.74, 6) is 3.74. The van der Waals surface area contributed by atoms with Crippen molar-refractivity contribution in [1.29, 1.82) is 0 Å². The van der Waals surface area contributed by atoms with Gasteiger partial charge in [0.2, 0.25) is 0 Å². The maximum Gasteiger partial charge on any atom is 0.126 e. The van der Waals surface area contributed by atoms with Crippen molar-refractivity contribution in [2.75, 3.05) is 18.1 Å². The maximum absolute atomic E-state index is 4.59. The topological polar surface area (TPSA) is 29.9 Å². The van der Waals surface area contributed by atoms with Crippen molar-refractivity contribution in [2.24, 2.45) is 7.05 Å². The Balaban J connectivity index is 2.18. The molecular formula is C14H25N3S2. The molecule has 2 heterocycles. The van der Waals surface area contributed by atoms with Crippen molar-refractivity contribution in [1.82, 2.24) is 14.9 Å². The van der Waals surface area contributed by atoms with Gasteiger partial charge in [-0.3, -0.25) is 0 Å². The second-order valence-electron chi connectivity index (χ2n) is 4.98. The SMILES string of the molecule is CCCNC(c1nccn1C)C1SCCSC1CC. The van der Waals surface area contributed by atoms with Crippen LogP contribution in [0.25, 0.3) is 0 Å². The van der Waals surface area contributed by atoms with Gasteiger partial charge in [-0.25, -0.2) is 4.98 Å². The minimum Gasteiger partial charge on any atom is -0.337 e. The Kier molecular flexibility index (Phi) is 6.10. The summed E-state index contributed by atoms with van der Waals surface area (Å²) in [5.41, 5.74) is 0. The van der Waals surface area contributed by atoms with E-state index >= 15 is 0 Å². The van der Waals surface area contributed by atoms with Gasteiger partial charge in [-0.2, -0.15) is 23.5 Å². The zero-order valence-electron chi connectivity index (χ0n) is 12.1. The molecule has 1 aromatic rings. The third-order valence-electron chi connectivity index (χ3n) is 3.57. The molecule has 3 nitrogen and oxygen atoms in total. The van der Waals surface area contributed by atoms with Crippen LogP contribution in [-0.2, 0) is 7.05 Å². The summed E-state index contributed by atoms with van der Waals surface area (Å²) in [7, 11) is 2.10. The third kappa shape index (κ3) is 3.70. The third-order valence-corrected chi connectivity index (χ3v) is 6.92. The van der Waals surface area contributed by atoms with Crippen molar-refractivity contribution in [3.8, 4) is 0 Å². The summed E-state index contributed by atoms with van der Waals surface area (Å²) < 4.78 is 2.17. The molecule has 1 aliphatic heterocycles. The Labute approximate surface area is 125 Å². The fraction of sp³-hybridized carbons (Fsp3) is 0.786. The Hall–Kier alpha value is -0.130. The van der Waals surface area contributed by atoms with E-state index in [4.69, 9.17) is 0 Å². The van der Waals surface area contributed by atoms with Gasteiger partial charge in [0.1, 0.15) is 5.82 Å². The second kappa shape index (κ2) is 7.60. The molecule has 19 heavy (non-hydrogen) atoms. The van der Waals surface area contributed by atoms with Crippen LogP contribution < -0.4 is 5.32 Å². The molecule has 0 aliphatic carbocycles. The van der Waals surface area contributed by atoms with E-state index in [0.29, 0.717) is 11.3 Å². The van der Waals surface area contributed by atoms with E-state index in [-0.39, 0.29) is 0 Å². The van der Waals surface area contributed by atoms with Gasteiger partial charge >= 0.3 is 0 Å². The van der Waals surface area contributed by atoms with Gasteiger partial charge in [0, 0.05) is 41.4 Å². The predicted molar refractivity (Wildman–Crippen MR) is 87.0 cm³/mol. The van der Waals surface area contributed by atoms with E-state index in [9.17, 15) is 0 Å². The Morgan fingerprint density at radius 2 is 2.21 bits per heavy atom. The number of aromatic nitrogens is 2. The summed E-state index contributed by atoms with van der Waals surface area (Å²) in [6, 6.07) is 0.377. The van der Waals surface area contributed by atoms with Crippen LogP contribution in [0.2, 0.25) is 0 Å². The molecule has 3 unspecified atom stereocenters. The van der Waals surface area contributed by atoms with E-state index in [0.717, 1.165) is 11.8 Å². The highest BCUT2D eigenvalue weighted by atomic mass is 32.2. The van der Waals surface area contributed by atoms with Crippen LogP contribution in [0.3, 0.4) is 0 Å². The lowest BCUT2D eigenvalue weighted by Gasteiger charge is -2.36. The molecule has 1 aromatic heterocycles. The smallest absolute Gasteiger partial charge is 0.126 e. The number of hydrogen-bond donors (Lipinski definition) is 1. The number of hydrogen-bond acceptors (Lipinski definition) is 4. The number of rotatable bonds is 6. The Bertz CT molecular complexity index is 381. The summed E-state index contributed by atoms with van der Waals surface area (Å²) >= 11 is 4.26. The first-order valence-corrected chi connectivity index (χ1v) is 9.31. The van der Waals surface area contributed by atoms with E-state index < -0.39 is 0 Å². The van der Waals surface area contributed by atoms with Crippen molar-refractivity contribution in [3.05, 3.63) is 18.2 Å². The molecule has 3 atom stereocenters. The summed E-state index contributed by atoms with van der Waals surface area (Å²) in [4.78, 5) is 4.59. The molecule has 0 spiro atoms. The van der Waals surface area contributed by atoms with Gasteiger partial charge in [0.15, 0.2) is 0 Å². The fourth-order valence-electron chi connectivity index (χ4n) is 2.58. The van der Waals surface area contributed by atoms with Gasteiger partial charge in [0.05, 0.1) is 6.04 Å². The van der Waals surface area contributed by atoms with E-state index in [1.165, 1.54) is 30.2 Å². The second-order valence-corrected chi connectivity index (χ2v) is 7.61. The molecular weight excluding hydrogens is 274 g/mol. The van der Waals surface area contributed by atoms with Crippen LogP contribution >= 0.6 is 23.5 Å². The molecule has 0 amide bonds. The van der Waals surface area contributed by atoms with Gasteiger partial charge in [-0.05, 0) is 19.4 Å². The lowest BCUT2D eigenvalue weighted by molar-refractivity contribution is 0.466. The maximum atomic E-state index is 4.59. The van der Waals surface area contributed by atoms with Gasteiger partial charge in [-0.15, -0.1) is 0 Å². The minimum atomic E-state index is 0.377. The Morgan fingerprint density at radius 1 is 1.42 bits per heavy atom. The standard InChI is InChI=1S/C14H25N3S2/c1-4-6-15-12(14-16-7-8-17(14)3)13-11(5-2)18-9-10-19-13/h7-8,11-13,15H,4-6,9-10H2,1-3H3. The lowest BCUT2D eigenvalue weighted by atomic mass is 10.1. The van der Waals surface area contributed by atoms with Crippen molar-refractivity contribution >= 4 is 23.5 Å². The van der Waals surface area contributed by atoms with Crippen molar-refractivity contribution < 1.29 is 0 Å². The van der Waals surface area contributed by atoms with Crippen LogP contribution in [0, 0.1) is 0 Å². The molecule has 0 saturated carbocycles. The molecule has 2 rings (SSSR count). The largest absolute Gasteiger partial charge is 0.337 e. The predicted octanol–water partition coefficient (Wildman–Crippen LogP) is 3.09. The molecule has 1 fully saturated rings. The minimum absolute atomic E-state index is 0.377. The van der Waals surface area contributed by atoms with Crippen molar-refractivity contribution in [3.63, 3.8) is 0 Å². The van der Waals surface area contributed by atoms with E-state index in [1.54, 1.807) is 0 Å². The van der Waals surface area contributed by atoms with Crippen LogP contribution in [-0.4, -0.2) is 38.1 Å². The first-order chi connectivity index (χ1) is 9.27. The first-order valence-electron chi connectivity index (χ1n) is 7.21. The molecule has 1 aliphatic rings. The molecule has 1 N–H and O–H groups in total. The molecule has 0 bridgehead atoms. The van der Waals surface area contributed by atoms with Gasteiger partial charge < -0.3 is 9.88 Å². The summed E-state index contributed by atoms with van der Waals surface area (Å²) in [5, 5.41) is 5.11. The molecule has 108 valence electrons. The molecule has 0 radical (unpaired) electrons. The Morgan fingerprint density at radius 3 is 2.84 bits per heavy atom. The average molecular weight is 300 g/mol. The number of imidazole rings is 1. The first kappa shape index (κ1) is 15.3. The molecule has 0 aromatic carbocycles. The highest BCUT2D eigenvalue weighted by Gasteiger charge is 2.34. The quantitative estimate of drug-likeness (QED) is 0.874. The van der Waals surface area contributed by atoms with E-state index in [2.05, 4.69) is 65.5 Å². The van der Waals surface area contributed by atoms with Crippen LogP contribution in [0.5, 0.6) is 0 Å². The molecule has 5 heteroatoms. The highest BCUT2D eigenvalue weighted by molar-refractivity contribution is 8.07. The lowest BCUT2D eigenvalue weighted by Crippen LogP contribution is -2.40. The van der Waals surface area contributed by atoms with Crippen LogP contribution in [0.4, 0.5) is 0 Å². The van der Waals surface area contributed by atoms with Crippen LogP contribution in [0.15, 0.2) is 12.4 Å². The highest BCUT2D eigenvalue weighted by Crippen LogP contribution is 2.39. The number of nitrogens with one attached hydrogen (secondary N) is 1. The summed E-state index contributed by atoms with van der Waals surface area (Å²) in [6.07, 6.45) is 6.38. The van der Waals surface area contributed by atoms with Crippen LogP contribution in [0.1, 0.15) is 38.6 Å². The van der Waals surface area contributed by atoms with Gasteiger partial charge in [-0.1, -0.05) is 13.8 Å². The van der Waals surface area contributed by atoms with Crippen molar-refractivity contribution in [2.45, 2.75) is 43.2 Å². The molecule has 1 saturated heterocycles. The normalized spacial score (nSPS) is 25.4. The zero-order valence-corrected chi connectivity index (χ0v) is 13.8. The number of nitrogens with zero attached hydrogens (tertiary/aromatic N) is 2. The average Bonchev–Trinajstić information content (AvgIpc) is 2.86. The summed E-state index contributed by atoms with van der Waals surface area (Å²) in [6.45, 7) is 5.60. The van der Waals surface area contributed by atoms with E-state index in [1.807, 2.05) is 6.20 Å². The fourth-order valence-corrected chi connectivity index (χ4v) is 5.79. The number of aryl methyl sites for hydroxylation is 1.